The molecule has 1 heterocycles. The van der Waals surface area contributed by atoms with E-state index in [9.17, 15) is 4.79 Å². The van der Waals surface area contributed by atoms with Gasteiger partial charge in [-0.05, 0) is 22.6 Å². The molecule has 0 bridgehead atoms. The minimum absolute atomic E-state index is 0.0368. The van der Waals surface area contributed by atoms with E-state index in [2.05, 4.69) is 5.10 Å². The lowest BCUT2D eigenvalue weighted by Gasteiger charge is -2.11. The van der Waals surface area contributed by atoms with Gasteiger partial charge in [0, 0.05) is 6.20 Å². The van der Waals surface area contributed by atoms with Gasteiger partial charge >= 0.3 is 0 Å². The third-order valence-electron chi connectivity index (χ3n) is 1.80. The van der Waals surface area contributed by atoms with Gasteiger partial charge in [0.15, 0.2) is 5.69 Å². The Hall–Kier alpha value is -0.710. The highest BCUT2D eigenvalue weighted by molar-refractivity contribution is 14.1. The number of primary amides is 1. The predicted octanol–water partition coefficient (Wildman–Crippen LogP) is -1.09. The number of carbonyl (C=O) groups excluding carboxylic acids is 1. The molecular formula is C8H12IN3O4. The molecule has 0 saturated carbocycles. The highest BCUT2D eigenvalue weighted by Gasteiger charge is 2.12. The topological polar surface area (TPSA) is 111 Å². The van der Waals surface area contributed by atoms with E-state index in [0.717, 1.165) is 0 Å². The Morgan fingerprint density at radius 2 is 2.25 bits per heavy atom. The lowest BCUT2D eigenvalue weighted by atomic mass is 10.4. The number of nitrogens with two attached hydrogens (primary N) is 1. The first-order valence-electron chi connectivity index (χ1n) is 4.44. The third kappa shape index (κ3) is 3.40. The SMILES string of the molecule is NC(=O)c1nn(COC(CO)CO)cc1I. The number of aliphatic hydroxyl groups is 2. The molecule has 1 rings (SSSR count). The van der Waals surface area contributed by atoms with Gasteiger partial charge < -0.3 is 20.7 Å². The zero-order chi connectivity index (χ0) is 12.1. The fraction of sp³-hybridized carbons (Fsp3) is 0.500. The largest absolute Gasteiger partial charge is 0.394 e. The van der Waals surface area contributed by atoms with Crippen LogP contribution in [0.4, 0.5) is 0 Å². The van der Waals surface area contributed by atoms with Gasteiger partial charge in [-0.3, -0.25) is 4.79 Å². The molecule has 0 aliphatic rings. The van der Waals surface area contributed by atoms with Crippen LogP contribution in [-0.4, -0.2) is 45.2 Å². The standard InChI is InChI=1S/C8H12IN3O4/c9-6-1-12(11-7(6)8(10)15)4-16-5(2-13)3-14/h1,5,13-14H,2-4H2,(H2,10,15). The van der Waals surface area contributed by atoms with Crippen molar-refractivity contribution in [2.75, 3.05) is 13.2 Å². The fourth-order valence-electron chi connectivity index (χ4n) is 0.975. The summed E-state index contributed by atoms with van der Waals surface area (Å²) in [6.07, 6.45) is 0.936. The first-order chi connectivity index (χ1) is 7.58. The molecular weight excluding hydrogens is 329 g/mol. The number of ether oxygens (including phenoxy) is 1. The molecule has 0 saturated heterocycles. The van der Waals surface area contributed by atoms with E-state index in [4.69, 9.17) is 20.7 Å². The van der Waals surface area contributed by atoms with E-state index in [-0.39, 0.29) is 25.6 Å². The monoisotopic (exact) mass is 341 g/mol. The molecule has 0 aliphatic carbocycles. The van der Waals surface area contributed by atoms with Crippen molar-refractivity contribution in [3.8, 4) is 0 Å². The first-order valence-corrected chi connectivity index (χ1v) is 5.52. The summed E-state index contributed by atoms with van der Waals surface area (Å²) in [6.45, 7) is -0.524. The fourth-order valence-corrected chi connectivity index (χ4v) is 1.67. The summed E-state index contributed by atoms with van der Waals surface area (Å²) in [5.74, 6) is -0.607. The van der Waals surface area contributed by atoms with Crippen molar-refractivity contribution in [1.29, 1.82) is 0 Å². The van der Waals surface area contributed by atoms with Gasteiger partial charge in [0.2, 0.25) is 0 Å². The number of amides is 1. The minimum Gasteiger partial charge on any atom is -0.394 e. The van der Waals surface area contributed by atoms with E-state index in [1.54, 1.807) is 6.20 Å². The number of hydrogen-bond donors (Lipinski definition) is 3. The number of halogens is 1. The molecule has 90 valence electrons. The van der Waals surface area contributed by atoms with Gasteiger partial charge in [-0.2, -0.15) is 5.10 Å². The zero-order valence-corrected chi connectivity index (χ0v) is 10.5. The lowest BCUT2D eigenvalue weighted by molar-refractivity contribution is -0.0535. The van der Waals surface area contributed by atoms with Crippen molar-refractivity contribution in [2.24, 2.45) is 5.73 Å². The number of hydrogen-bond acceptors (Lipinski definition) is 5. The third-order valence-corrected chi connectivity index (χ3v) is 2.59. The van der Waals surface area contributed by atoms with Crippen LogP contribution in [0.25, 0.3) is 0 Å². The van der Waals surface area contributed by atoms with Crippen molar-refractivity contribution >= 4 is 28.5 Å². The number of rotatable bonds is 6. The molecule has 0 atom stereocenters. The maximum absolute atomic E-state index is 10.9. The smallest absolute Gasteiger partial charge is 0.270 e. The Balaban J connectivity index is 2.61. The van der Waals surface area contributed by atoms with Crippen molar-refractivity contribution in [1.82, 2.24) is 9.78 Å². The molecule has 8 heteroatoms. The van der Waals surface area contributed by atoms with E-state index in [1.165, 1.54) is 4.68 Å². The van der Waals surface area contributed by atoms with Crippen LogP contribution in [0.15, 0.2) is 6.20 Å². The normalized spacial score (nSPS) is 11.0. The number of carbonyl (C=O) groups is 1. The van der Waals surface area contributed by atoms with Gasteiger partial charge in [-0.15, -0.1) is 0 Å². The molecule has 7 nitrogen and oxygen atoms in total. The van der Waals surface area contributed by atoms with Gasteiger partial charge in [0.05, 0.1) is 16.8 Å². The molecule has 0 fully saturated rings. The maximum atomic E-state index is 10.9. The second-order valence-electron chi connectivity index (χ2n) is 3.01. The molecule has 0 aromatic carbocycles. The van der Waals surface area contributed by atoms with E-state index in [0.29, 0.717) is 3.57 Å². The highest BCUT2D eigenvalue weighted by atomic mass is 127. The average molecular weight is 341 g/mol. The van der Waals surface area contributed by atoms with Crippen LogP contribution in [0.5, 0.6) is 0 Å². The van der Waals surface area contributed by atoms with Crippen molar-refractivity contribution in [3.05, 3.63) is 15.5 Å². The van der Waals surface area contributed by atoms with Crippen LogP contribution < -0.4 is 5.73 Å². The molecule has 1 aromatic rings. The molecule has 0 aliphatic heterocycles. The summed E-state index contributed by atoms with van der Waals surface area (Å²) < 4.78 is 7.12. The second kappa shape index (κ2) is 6.13. The molecule has 0 radical (unpaired) electrons. The Morgan fingerprint density at radius 1 is 1.62 bits per heavy atom. The predicted molar refractivity (Wildman–Crippen MR) is 62.5 cm³/mol. The van der Waals surface area contributed by atoms with E-state index < -0.39 is 12.0 Å². The van der Waals surface area contributed by atoms with Crippen molar-refractivity contribution < 1.29 is 19.7 Å². The van der Waals surface area contributed by atoms with Gasteiger partial charge in [-0.25, -0.2) is 4.68 Å². The van der Waals surface area contributed by atoms with Gasteiger partial charge in [0.1, 0.15) is 12.8 Å². The lowest BCUT2D eigenvalue weighted by Crippen LogP contribution is -2.23. The Morgan fingerprint density at radius 3 is 2.69 bits per heavy atom. The molecule has 16 heavy (non-hydrogen) atoms. The summed E-state index contributed by atoms with van der Waals surface area (Å²) in [7, 11) is 0. The summed E-state index contributed by atoms with van der Waals surface area (Å²) in [4.78, 5) is 10.9. The van der Waals surface area contributed by atoms with Crippen LogP contribution in [0, 0.1) is 3.57 Å². The number of aromatic nitrogens is 2. The molecule has 1 aromatic heterocycles. The molecule has 4 N–H and O–H groups in total. The summed E-state index contributed by atoms with van der Waals surface area (Å²) >= 11 is 1.93. The van der Waals surface area contributed by atoms with Crippen molar-refractivity contribution in [2.45, 2.75) is 12.8 Å². The molecule has 0 unspecified atom stereocenters. The van der Waals surface area contributed by atoms with Crippen LogP contribution in [-0.2, 0) is 11.5 Å². The van der Waals surface area contributed by atoms with Crippen LogP contribution >= 0.6 is 22.6 Å². The molecule has 1 amide bonds. The van der Waals surface area contributed by atoms with Gasteiger partial charge in [-0.1, -0.05) is 0 Å². The number of aliphatic hydroxyl groups excluding tert-OH is 2. The zero-order valence-electron chi connectivity index (χ0n) is 8.34. The van der Waals surface area contributed by atoms with Crippen LogP contribution in [0.3, 0.4) is 0 Å². The Kier molecular flexibility index (Phi) is 5.12. The average Bonchev–Trinajstić information content (AvgIpc) is 2.61. The van der Waals surface area contributed by atoms with Crippen LogP contribution in [0.2, 0.25) is 0 Å². The van der Waals surface area contributed by atoms with Crippen molar-refractivity contribution in [3.63, 3.8) is 0 Å². The first kappa shape index (κ1) is 13.4. The van der Waals surface area contributed by atoms with E-state index >= 15 is 0 Å². The second-order valence-corrected chi connectivity index (χ2v) is 4.17. The van der Waals surface area contributed by atoms with Gasteiger partial charge in [0.25, 0.3) is 5.91 Å². The Bertz CT molecular complexity index is 364. The van der Waals surface area contributed by atoms with E-state index in [1.807, 2.05) is 22.6 Å². The summed E-state index contributed by atoms with van der Waals surface area (Å²) in [6, 6.07) is 0. The molecule has 0 spiro atoms. The summed E-state index contributed by atoms with van der Waals surface area (Å²) in [5, 5.41) is 21.4. The highest BCUT2D eigenvalue weighted by Crippen LogP contribution is 2.09. The minimum atomic E-state index is -0.654. The Labute approximate surface area is 105 Å². The van der Waals surface area contributed by atoms with Crippen LogP contribution in [0.1, 0.15) is 10.5 Å². The maximum Gasteiger partial charge on any atom is 0.270 e. The number of nitrogens with zero attached hydrogens (tertiary/aromatic N) is 2. The summed E-state index contributed by atoms with van der Waals surface area (Å²) in [5.41, 5.74) is 5.27. The quantitative estimate of drug-likeness (QED) is 0.570.